The summed E-state index contributed by atoms with van der Waals surface area (Å²) in [5.41, 5.74) is 0.480. The summed E-state index contributed by atoms with van der Waals surface area (Å²) >= 11 is 1.76. The molecule has 0 amide bonds. The highest BCUT2D eigenvalue weighted by Gasteiger charge is 2.21. The molecule has 140 valence electrons. The smallest absolute Gasteiger partial charge is 0.175 e. The molecule has 0 spiro atoms. The Kier molecular flexibility index (Phi) is 5.40. The van der Waals surface area contributed by atoms with Gasteiger partial charge in [-0.3, -0.25) is 0 Å². The van der Waals surface area contributed by atoms with Crippen LogP contribution in [0.25, 0.3) is 0 Å². The van der Waals surface area contributed by atoms with Gasteiger partial charge in [0.25, 0.3) is 0 Å². The van der Waals surface area contributed by atoms with Crippen molar-refractivity contribution >= 4 is 23.4 Å². The third kappa shape index (κ3) is 4.78. The Morgan fingerprint density at radius 2 is 1.96 bits per heavy atom. The lowest BCUT2D eigenvalue weighted by molar-refractivity contribution is 0.479. The van der Waals surface area contributed by atoms with E-state index in [1.807, 2.05) is 12.1 Å². The van der Waals surface area contributed by atoms with Crippen LogP contribution in [0.5, 0.6) is 11.5 Å². The van der Waals surface area contributed by atoms with Gasteiger partial charge >= 0.3 is 0 Å². The number of rotatable bonds is 7. The fourth-order valence-electron chi connectivity index (χ4n) is 2.46. The number of benzene rings is 1. The van der Waals surface area contributed by atoms with Crippen LogP contribution in [0.2, 0.25) is 0 Å². The number of halogens is 1. The standard InChI is InChI=1S/C21H17FN4OS/c22-16-4-6-17(7-5-16)27-19-9-18(28-13-14-1-2-14)12-25-21(19)26-20-8-3-15(10-23)11-24-20/h3-9,11-12,14H,1-2,13H2,(H,24,25,26). The third-order valence-corrected chi connectivity index (χ3v) is 5.39. The lowest BCUT2D eigenvalue weighted by atomic mass is 10.3. The van der Waals surface area contributed by atoms with Crippen LogP contribution in [-0.2, 0) is 0 Å². The molecule has 3 aromatic rings. The minimum Gasteiger partial charge on any atom is -0.453 e. The number of aromatic nitrogens is 2. The van der Waals surface area contributed by atoms with Gasteiger partial charge in [0.1, 0.15) is 23.5 Å². The molecule has 0 unspecified atom stereocenters. The van der Waals surface area contributed by atoms with E-state index in [1.165, 1.54) is 31.2 Å². The average molecular weight is 392 g/mol. The maximum atomic E-state index is 13.2. The van der Waals surface area contributed by atoms with Gasteiger partial charge in [-0.15, -0.1) is 11.8 Å². The van der Waals surface area contributed by atoms with Crippen molar-refractivity contribution in [3.63, 3.8) is 0 Å². The van der Waals surface area contributed by atoms with Crippen molar-refractivity contribution in [2.45, 2.75) is 17.7 Å². The van der Waals surface area contributed by atoms with E-state index in [0.29, 0.717) is 28.7 Å². The highest BCUT2D eigenvalue weighted by Crippen LogP contribution is 2.38. The Morgan fingerprint density at radius 3 is 2.64 bits per heavy atom. The Bertz CT molecular complexity index is 998. The fraction of sp³-hybridized carbons (Fsp3) is 0.190. The van der Waals surface area contributed by atoms with Gasteiger partial charge < -0.3 is 10.1 Å². The van der Waals surface area contributed by atoms with Gasteiger partial charge in [0.2, 0.25) is 0 Å². The van der Waals surface area contributed by atoms with Gasteiger partial charge in [-0.1, -0.05) is 0 Å². The van der Waals surface area contributed by atoms with E-state index >= 15 is 0 Å². The topological polar surface area (TPSA) is 70.8 Å². The molecule has 4 rings (SSSR count). The lowest BCUT2D eigenvalue weighted by Gasteiger charge is -2.13. The van der Waals surface area contributed by atoms with Crippen molar-refractivity contribution in [3.05, 3.63) is 66.2 Å². The van der Waals surface area contributed by atoms with Crippen molar-refractivity contribution in [3.8, 4) is 17.6 Å². The second kappa shape index (κ2) is 8.28. The molecule has 1 fully saturated rings. The zero-order valence-electron chi connectivity index (χ0n) is 14.9. The van der Waals surface area contributed by atoms with E-state index in [0.717, 1.165) is 16.6 Å². The Labute approximate surface area is 166 Å². The molecule has 2 aromatic heterocycles. The predicted molar refractivity (Wildman–Crippen MR) is 106 cm³/mol. The normalized spacial score (nSPS) is 13.0. The molecule has 1 aliphatic rings. The van der Waals surface area contributed by atoms with Crippen LogP contribution in [0.15, 0.2) is 59.8 Å². The van der Waals surface area contributed by atoms with Crippen LogP contribution in [0.4, 0.5) is 16.0 Å². The molecule has 7 heteroatoms. The van der Waals surface area contributed by atoms with E-state index in [9.17, 15) is 4.39 Å². The number of thioether (sulfide) groups is 1. The number of hydrogen-bond donors (Lipinski definition) is 1. The molecule has 0 atom stereocenters. The molecule has 1 aromatic carbocycles. The summed E-state index contributed by atoms with van der Waals surface area (Å²) < 4.78 is 19.1. The van der Waals surface area contributed by atoms with Crippen molar-refractivity contribution < 1.29 is 9.13 Å². The molecular formula is C21H17FN4OS. The molecule has 1 N–H and O–H groups in total. The quantitative estimate of drug-likeness (QED) is 0.534. The molecular weight excluding hydrogens is 375 g/mol. The third-order valence-electron chi connectivity index (χ3n) is 4.19. The maximum Gasteiger partial charge on any atom is 0.175 e. The number of nitrogens with one attached hydrogen (secondary N) is 1. The summed E-state index contributed by atoms with van der Waals surface area (Å²) in [6.45, 7) is 0. The van der Waals surface area contributed by atoms with Crippen molar-refractivity contribution in [2.75, 3.05) is 11.1 Å². The Hall–Kier alpha value is -3.11. The number of anilines is 2. The maximum absolute atomic E-state index is 13.2. The molecule has 0 saturated heterocycles. The van der Waals surface area contributed by atoms with Crippen LogP contribution in [0.3, 0.4) is 0 Å². The molecule has 1 saturated carbocycles. The summed E-state index contributed by atoms with van der Waals surface area (Å²) in [4.78, 5) is 9.72. The van der Waals surface area contributed by atoms with E-state index < -0.39 is 0 Å². The summed E-state index contributed by atoms with van der Waals surface area (Å²) in [6, 6.07) is 13.2. The number of pyridine rings is 2. The minimum atomic E-state index is -0.320. The molecule has 5 nitrogen and oxygen atoms in total. The number of ether oxygens (including phenoxy) is 1. The van der Waals surface area contributed by atoms with Crippen LogP contribution < -0.4 is 10.1 Å². The van der Waals surface area contributed by atoms with Gasteiger partial charge in [-0.2, -0.15) is 5.26 Å². The first-order chi connectivity index (χ1) is 13.7. The molecule has 0 bridgehead atoms. The minimum absolute atomic E-state index is 0.320. The number of hydrogen-bond acceptors (Lipinski definition) is 6. The predicted octanol–water partition coefficient (Wildman–Crippen LogP) is 5.53. The van der Waals surface area contributed by atoms with Gasteiger partial charge in [-0.25, -0.2) is 14.4 Å². The molecule has 2 heterocycles. The van der Waals surface area contributed by atoms with Crippen LogP contribution in [-0.4, -0.2) is 15.7 Å². The summed E-state index contributed by atoms with van der Waals surface area (Å²) in [5.74, 6) is 3.64. The molecule has 1 aliphatic carbocycles. The first-order valence-electron chi connectivity index (χ1n) is 8.89. The molecule has 0 radical (unpaired) electrons. The largest absolute Gasteiger partial charge is 0.453 e. The van der Waals surface area contributed by atoms with Crippen molar-refractivity contribution in [1.82, 2.24) is 9.97 Å². The first kappa shape index (κ1) is 18.3. The zero-order valence-corrected chi connectivity index (χ0v) is 15.7. The summed E-state index contributed by atoms with van der Waals surface area (Å²) in [6.07, 6.45) is 5.88. The van der Waals surface area contributed by atoms with E-state index in [2.05, 4.69) is 15.3 Å². The highest BCUT2D eigenvalue weighted by molar-refractivity contribution is 7.99. The number of nitrogens with zero attached hydrogens (tertiary/aromatic N) is 3. The fourth-order valence-corrected chi connectivity index (χ4v) is 3.54. The van der Waals surface area contributed by atoms with Gasteiger partial charge in [0, 0.05) is 23.0 Å². The van der Waals surface area contributed by atoms with Gasteiger partial charge in [0.05, 0.1) is 5.56 Å². The Morgan fingerprint density at radius 1 is 1.14 bits per heavy atom. The first-order valence-corrected chi connectivity index (χ1v) is 9.87. The van der Waals surface area contributed by atoms with E-state index in [1.54, 1.807) is 42.2 Å². The molecule has 0 aliphatic heterocycles. The van der Waals surface area contributed by atoms with Crippen molar-refractivity contribution in [1.29, 1.82) is 5.26 Å². The Balaban J connectivity index is 1.58. The van der Waals surface area contributed by atoms with Crippen molar-refractivity contribution in [2.24, 2.45) is 5.92 Å². The monoisotopic (exact) mass is 392 g/mol. The average Bonchev–Trinajstić information content (AvgIpc) is 3.55. The van der Waals surface area contributed by atoms with Gasteiger partial charge in [0.15, 0.2) is 11.6 Å². The van der Waals surface area contributed by atoms with Gasteiger partial charge in [-0.05, 0) is 61.2 Å². The number of nitriles is 1. The van der Waals surface area contributed by atoms with E-state index in [4.69, 9.17) is 10.00 Å². The SMILES string of the molecule is N#Cc1ccc(Nc2ncc(SCC3CC3)cc2Oc2ccc(F)cc2)nc1. The van der Waals surface area contributed by atoms with Crippen LogP contribution in [0, 0.1) is 23.1 Å². The van der Waals surface area contributed by atoms with E-state index in [-0.39, 0.29) is 5.82 Å². The summed E-state index contributed by atoms with van der Waals surface area (Å²) in [5, 5.41) is 12.0. The lowest BCUT2D eigenvalue weighted by Crippen LogP contribution is -2.00. The summed E-state index contributed by atoms with van der Waals surface area (Å²) in [7, 11) is 0. The molecule has 28 heavy (non-hydrogen) atoms. The zero-order chi connectivity index (χ0) is 19.3. The van der Waals surface area contributed by atoms with Crippen LogP contribution >= 0.6 is 11.8 Å². The second-order valence-electron chi connectivity index (χ2n) is 6.50. The second-order valence-corrected chi connectivity index (χ2v) is 7.59. The van der Waals surface area contributed by atoms with Crippen LogP contribution in [0.1, 0.15) is 18.4 Å². The highest BCUT2D eigenvalue weighted by atomic mass is 32.2.